The van der Waals surface area contributed by atoms with Gasteiger partial charge in [-0.05, 0) is 69.2 Å². The molecule has 1 heterocycles. The van der Waals surface area contributed by atoms with Crippen molar-refractivity contribution >= 4 is 0 Å². The second-order valence-electron chi connectivity index (χ2n) is 6.91. The zero-order valence-electron chi connectivity index (χ0n) is 13.6. The maximum atomic E-state index is 3.57. The van der Waals surface area contributed by atoms with Gasteiger partial charge in [0.1, 0.15) is 0 Å². The Labute approximate surface area is 129 Å². The molecule has 1 saturated carbocycles. The maximum Gasteiger partial charge on any atom is 0.0322 e. The number of nitrogens with zero attached hydrogens (tertiary/aromatic N) is 1. The molecule has 2 aliphatic rings. The summed E-state index contributed by atoms with van der Waals surface area (Å²) in [6, 6.07) is 10.7. The second kappa shape index (κ2) is 6.93. The molecule has 1 aliphatic heterocycles. The highest BCUT2D eigenvalue weighted by molar-refractivity contribution is 5.25. The van der Waals surface area contributed by atoms with Crippen molar-refractivity contribution in [1.29, 1.82) is 0 Å². The molecule has 116 valence electrons. The van der Waals surface area contributed by atoms with Crippen molar-refractivity contribution < 1.29 is 0 Å². The number of piperidine rings is 1. The summed E-state index contributed by atoms with van der Waals surface area (Å²) >= 11 is 0. The van der Waals surface area contributed by atoms with Crippen LogP contribution >= 0.6 is 0 Å². The first kappa shape index (κ1) is 15.1. The molecule has 1 aromatic carbocycles. The average molecular weight is 286 g/mol. The molecule has 2 nitrogen and oxygen atoms in total. The van der Waals surface area contributed by atoms with Crippen LogP contribution in [0.15, 0.2) is 24.3 Å². The lowest BCUT2D eigenvalue weighted by Gasteiger charge is -2.34. The van der Waals surface area contributed by atoms with E-state index in [0.717, 1.165) is 18.4 Å². The highest BCUT2D eigenvalue weighted by Crippen LogP contribution is 2.35. The fraction of sp³-hybridized carbons (Fsp3) is 0.684. The summed E-state index contributed by atoms with van der Waals surface area (Å²) in [4.78, 5) is 2.78. The van der Waals surface area contributed by atoms with E-state index in [0.29, 0.717) is 6.04 Å². The largest absolute Gasteiger partial charge is 0.316 e. The maximum absolute atomic E-state index is 3.57. The Morgan fingerprint density at radius 3 is 2.52 bits per heavy atom. The number of hydrogen-bond donors (Lipinski definition) is 1. The van der Waals surface area contributed by atoms with Crippen molar-refractivity contribution in [3.8, 4) is 0 Å². The molecule has 0 aromatic heterocycles. The first-order chi connectivity index (χ1) is 10.3. The summed E-state index contributed by atoms with van der Waals surface area (Å²) in [6.07, 6.45) is 6.68. The monoisotopic (exact) mass is 286 g/mol. The molecule has 1 saturated heterocycles. The van der Waals surface area contributed by atoms with E-state index in [4.69, 9.17) is 0 Å². The molecule has 0 amide bonds. The van der Waals surface area contributed by atoms with E-state index in [1.54, 1.807) is 0 Å². The first-order valence-corrected chi connectivity index (χ1v) is 8.83. The lowest BCUT2D eigenvalue weighted by molar-refractivity contribution is 0.154. The summed E-state index contributed by atoms with van der Waals surface area (Å²) in [5, 5.41) is 3.57. The molecule has 0 radical (unpaired) electrons. The summed E-state index contributed by atoms with van der Waals surface area (Å²) in [7, 11) is 0. The Kier molecular flexibility index (Phi) is 4.97. The van der Waals surface area contributed by atoms with E-state index in [1.165, 1.54) is 56.4 Å². The van der Waals surface area contributed by atoms with E-state index in [2.05, 4.69) is 48.3 Å². The van der Waals surface area contributed by atoms with Crippen LogP contribution in [0.1, 0.15) is 56.7 Å². The van der Waals surface area contributed by atoms with Gasteiger partial charge in [-0.3, -0.25) is 4.90 Å². The summed E-state index contributed by atoms with van der Waals surface area (Å²) in [6.45, 7) is 8.33. The Balaban J connectivity index is 1.66. The van der Waals surface area contributed by atoms with Crippen LogP contribution in [0.3, 0.4) is 0 Å². The third kappa shape index (κ3) is 3.87. The van der Waals surface area contributed by atoms with Crippen LogP contribution in [0.5, 0.6) is 0 Å². The van der Waals surface area contributed by atoms with Gasteiger partial charge in [0.05, 0.1) is 0 Å². The predicted octanol–water partition coefficient (Wildman–Crippen LogP) is 3.77. The Hall–Kier alpha value is -0.860. The lowest BCUT2D eigenvalue weighted by Crippen LogP contribution is -2.40. The van der Waals surface area contributed by atoms with Crippen LogP contribution in [-0.4, -0.2) is 30.6 Å². The number of benzene rings is 1. The van der Waals surface area contributed by atoms with Crippen LogP contribution in [0.2, 0.25) is 0 Å². The fourth-order valence-electron chi connectivity index (χ4n) is 3.63. The predicted molar refractivity (Wildman–Crippen MR) is 89.6 cm³/mol. The zero-order chi connectivity index (χ0) is 14.7. The van der Waals surface area contributed by atoms with Gasteiger partial charge in [-0.1, -0.05) is 31.2 Å². The molecular weight excluding hydrogens is 256 g/mol. The molecule has 1 aromatic rings. The van der Waals surface area contributed by atoms with Crippen LogP contribution in [0, 0.1) is 5.92 Å². The van der Waals surface area contributed by atoms with Crippen LogP contribution in [0.4, 0.5) is 0 Å². The molecule has 0 spiro atoms. The normalized spacial score (nSPS) is 24.2. The zero-order valence-corrected chi connectivity index (χ0v) is 13.6. The van der Waals surface area contributed by atoms with E-state index in [-0.39, 0.29) is 0 Å². The van der Waals surface area contributed by atoms with Crippen LogP contribution in [-0.2, 0) is 6.42 Å². The van der Waals surface area contributed by atoms with Crippen molar-refractivity contribution in [3.05, 3.63) is 35.4 Å². The van der Waals surface area contributed by atoms with Crippen molar-refractivity contribution in [2.45, 2.75) is 58.0 Å². The van der Waals surface area contributed by atoms with Gasteiger partial charge in [-0.15, -0.1) is 0 Å². The third-order valence-electron chi connectivity index (χ3n) is 5.25. The minimum atomic E-state index is 0.560. The number of hydrogen-bond acceptors (Lipinski definition) is 2. The summed E-state index contributed by atoms with van der Waals surface area (Å²) in [5.74, 6) is 0.844. The molecule has 0 bridgehead atoms. The van der Waals surface area contributed by atoms with Gasteiger partial charge < -0.3 is 5.32 Å². The topological polar surface area (TPSA) is 15.3 Å². The van der Waals surface area contributed by atoms with Gasteiger partial charge in [-0.25, -0.2) is 0 Å². The summed E-state index contributed by atoms with van der Waals surface area (Å²) < 4.78 is 0. The van der Waals surface area contributed by atoms with Crippen molar-refractivity contribution in [2.24, 2.45) is 5.92 Å². The molecule has 1 N–H and O–H groups in total. The highest BCUT2D eigenvalue weighted by atomic mass is 15.2. The molecular formula is C19H30N2. The fourth-order valence-corrected chi connectivity index (χ4v) is 3.63. The number of rotatable bonds is 6. The minimum Gasteiger partial charge on any atom is -0.316 e. The molecule has 2 unspecified atom stereocenters. The molecule has 3 rings (SSSR count). The van der Waals surface area contributed by atoms with Gasteiger partial charge in [-0.2, -0.15) is 0 Å². The third-order valence-corrected chi connectivity index (χ3v) is 5.25. The Morgan fingerprint density at radius 2 is 1.95 bits per heavy atom. The highest BCUT2D eigenvalue weighted by Gasteiger charge is 2.34. The van der Waals surface area contributed by atoms with Gasteiger partial charge in [0.25, 0.3) is 0 Å². The minimum absolute atomic E-state index is 0.560. The molecule has 21 heavy (non-hydrogen) atoms. The standard InChI is InChI=1S/C19H30N2/c1-3-16-6-8-18(9-7-16)15(2)21(19-10-11-19)14-17-5-4-12-20-13-17/h6-9,15,17,19-20H,3-5,10-14H2,1-2H3. The molecule has 1 aliphatic carbocycles. The Bertz CT molecular complexity index is 429. The van der Waals surface area contributed by atoms with Crippen molar-refractivity contribution in [3.63, 3.8) is 0 Å². The van der Waals surface area contributed by atoms with E-state index < -0.39 is 0 Å². The van der Waals surface area contributed by atoms with E-state index in [1.807, 2.05) is 0 Å². The van der Waals surface area contributed by atoms with E-state index >= 15 is 0 Å². The van der Waals surface area contributed by atoms with Gasteiger partial charge in [0.15, 0.2) is 0 Å². The smallest absolute Gasteiger partial charge is 0.0322 e. The van der Waals surface area contributed by atoms with Gasteiger partial charge in [0.2, 0.25) is 0 Å². The van der Waals surface area contributed by atoms with Crippen LogP contribution < -0.4 is 5.32 Å². The SMILES string of the molecule is CCc1ccc(C(C)N(CC2CCCNC2)C2CC2)cc1. The van der Waals surface area contributed by atoms with E-state index in [9.17, 15) is 0 Å². The number of nitrogens with one attached hydrogen (secondary N) is 1. The summed E-state index contributed by atoms with van der Waals surface area (Å²) in [5.41, 5.74) is 2.93. The number of aryl methyl sites for hydroxylation is 1. The first-order valence-electron chi connectivity index (χ1n) is 8.83. The molecule has 2 atom stereocenters. The van der Waals surface area contributed by atoms with Crippen molar-refractivity contribution in [2.75, 3.05) is 19.6 Å². The van der Waals surface area contributed by atoms with Gasteiger partial charge in [0, 0.05) is 18.6 Å². The lowest BCUT2D eigenvalue weighted by atomic mass is 9.97. The molecule has 2 heteroatoms. The van der Waals surface area contributed by atoms with Crippen molar-refractivity contribution in [1.82, 2.24) is 10.2 Å². The average Bonchev–Trinajstić information content (AvgIpc) is 3.38. The Morgan fingerprint density at radius 1 is 1.19 bits per heavy atom. The second-order valence-corrected chi connectivity index (χ2v) is 6.91. The van der Waals surface area contributed by atoms with Crippen LogP contribution in [0.25, 0.3) is 0 Å². The molecule has 2 fully saturated rings. The quantitative estimate of drug-likeness (QED) is 0.856. The van der Waals surface area contributed by atoms with Gasteiger partial charge >= 0.3 is 0 Å².